The standard InChI is InChI=1S/C23H23ClFN5O3/c1-23(4-5-23)33-22(31)30-9-14-7-15(10-30)16(14)11-32-21-19(25)20(27-12-28-21)29-18-3-2-13(8-26)6-17(18)24/h2-3,6,12,14-16H,4-5,7,9-11H2,1H3,(H,27,28,29)/t14-,15?,16?/m1/s1. The highest BCUT2D eigenvalue weighted by Crippen LogP contribution is 2.47. The number of hydrogen-bond acceptors (Lipinski definition) is 7. The topological polar surface area (TPSA) is 100 Å². The van der Waals surface area contributed by atoms with Gasteiger partial charge in [-0.15, -0.1) is 0 Å². The van der Waals surface area contributed by atoms with E-state index in [0.29, 0.717) is 42.8 Å². The van der Waals surface area contributed by atoms with E-state index in [-0.39, 0.29) is 34.3 Å². The van der Waals surface area contributed by atoms with Gasteiger partial charge in [0.2, 0.25) is 5.82 Å². The molecule has 2 aliphatic carbocycles. The first-order valence-corrected chi connectivity index (χ1v) is 11.3. The number of ether oxygens (including phenoxy) is 2. The lowest BCUT2D eigenvalue weighted by Crippen LogP contribution is -2.58. The monoisotopic (exact) mass is 471 g/mol. The van der Waals surface area contributed by atoms with Crippen LogP contribution in [-0.2, 0) is 4.74 Å². The first-order valence-electron chi connectivity index (χ1n) is 10.9. The number of piperidine rings is 2. The van der Waals surface area contributed by atoms with Gasteiger partial charge in [0.25, 0.3) is 5.88 Å². The molecular formula is C23H23ClFN5O3. The number of fused-ring (bicyclic) bond motifs is 2. The number of anilines is 2. The molecule has 1 N–H and O–H groups in total. The van der Waals surface area contributed by atoms with Crippen LogP contribution < -0.4 is 10.1 Å². The SMILES string of the molecule is CC1(OC(=O)N2CC3C[C@H](C2)C3COc2ncnc(Nc3ccc(C#N)cc3Cl)c2F)CC1. The Bertz CT molecular complexity index is 1120. The second kappa shape index (κ2) is 8.34. The quantitative estimate of drug-likeness (QED) is 0.661. The molecule has 2 aliphatic heterocycles. The summed E-state index contributed by atoms with van der Waals surface area (Å²) in [5.74, 6) is -0.0656. The third-order valence-corrected chi connectivity index (χ3v) is 7.11. The highest BCUT2D eigenvalue weighted by Gasteiger charge is 2.50. The Morgan fingerprint density at radius 3 is 2.79 bits per heavy atom. The summed E-state index contributed by atoms with van der Waals surface area (Å²) in [5.41, 5.74) is 0.539. The van der Waals surface area contributed by atoms with Crippen molar-refractivity contribution in [3.8, 4) is 11.9 Å². The van der Waals surface area contributed by atoms with E-state index in [1.165, 1.54) is 12.4 Å². The first kappa shape index (κ1) is 21.7. The summed E-state index contributed by atoms with van der Waals surface area (Å²) >= 11 is 6.16. The zero-order chi connectivity index (χ0) is 23.2. The number of benzene rings is 1. The maximum atomic E-state index is 15.0. The molecule has 172 valence electrons. The average Bonchev–Trinajstić information content (AvgIpc) is 3.53. The highest BCUT2D eigenvalue weighted by atomic mass is 35.5. The van der Waals surface area contributed by atoms with Crippen LogP contribution in [0.2, 0.25) is 5.02 Å². The van der Waals surface area contributed by atoms with E-state index in [1.807, 2.05) is 13.0 Å². The molecular weight excluding hydrogens is 449 g/mol. The lowest BCUT2D eigenvalue weighted by molar-refractivity contribution is -0.0641. The number of aromatic nitrogens is 2. The second-order valence-corrected chi connectivity index (χ2v) is 9.63. The lowest BCUT2D eigenvalue weighted by Gasteiger charge is -2.52. The minimum Gasteiger partial charge on any atom is -0.475 e. The van der Waals surface area contributed by atoms with Crippen molar-refractivity contribution in [3.05, 3.63) is 40.9 Å². The first-order chi connectivity index (χ1) is 15.8. The number of carbonyl (C=O) groups excluding carboxylic acids is 1. The van der Waals surface area contributed by atoms with Gasteiger partial charge in [-0.3, -0.25) is 0 Å². The molecule has 4 fully saturated rings. The van der Waals surface area contributed by atoms with Crippen molar-refractivity contribution in [2.45, 2.75) is 31.8 Å². The summed E-state index contributed by atoms with van der Waals surface area (Å²) in [4.78, 5) is 22.0. The van der Waals surface area contributed by atoms with Gasteiger partial charge in [-0.2, -0.15) is 14.6 Å². The summed E-state index contributed by atoms with van der Waals surface area (Å²) in [7, 11) is 0. The van der Waals surface area contributed by atoms with Crippen LogP contribution in [0.3, 0.4) is 0 Å². The van der Waals surface area contributed by atoms with E-state index in [9.17, 15) is 9.18 Å². The van der Waals surface area contributed by atoms with Crippen molar-refractivity contribution in [2.75, 3.05) is 25.0 Å². The number of amides is 1. The summed E-state index contributed by atoms with van der Waals surface area (Å²) in [6.07, 6.45) is 3.87. The third-order valence-electron chi connectivity index (χ3n) is 6.79. The summed E-state index contributed by atoms with van der Waals surface area (Å²) in [6, 6.07) is 6.64. The third kappa shape index (κ3) is 4.40. The van der Waals surface area contributed by atoms with Crippen molar-refractivity contribution in [1.29, 1.82) is 5.26 Å². The molecule has 2 aromatic rings. The van der Waals surface area contributed by atoms with E-state index in [0.717, 1.165) is 19.3 Å². The molecule has 33 heavy (non-hydrogen) atoms. The molecule has 0 spiro atoms. The summed E-state index contributed by atoms with van der Waals surface area (Å²) in [6.45, 7) is 3.55. The van der Waals surface area contributed by atoms with Crippen molar-refractivity contribution in [1.82, 2.24) is 14.9 Å². The number of halogens is 2. The van der Waals surface area contributed by atoms with E-state index >= 15 is 0 Å². The Labute approximate surface area is 195 Å². The fourth-order valence-corrected chi connectivity index (χ4v) is 4.72. The molecule has 1 aromatic carbocycles. The molecule has 1 aromatic heterocycles. The maximum Gasteiger partial charge on any atom is 0.410 e. The Balaban J connectivity index is 1.18. The van der Waals surface area contributed by atoms with Crippen LogP contribution in [0.25, 0.3) is 0 Å². The largest absolute Gasteiger partial charge is 0.475 e. The fraction of sp³-hybridized carbons (Fsp3) is 0.478. The fourth-order valence-electron chi connectivity index (χ4n) is 4.49. The molecule has 2 bridgehead atoms. The van der Waals surface area contributed by atoms with E-state index in [4.69, 9.17) is 26.3 Å². The minimum atomic E-state index is -0.717. The Morgan fingerprint density at radius 2 is 2.12 bits per heavy atom. The van der Waals surface area contributed by atoms with Gasteiger partial charge in [0, 0.05) is 19.0 Å². The molecule has 3 atom stereocenters. The smallest absolute Gasteiger partial charge is 0.410 e. The average molecular weight is 472 g/mol. The molecule has 6 rings (SSSR count). The lowest BCUT2D eigenvalue weighted by atomic mass is 9.62. The summed E-state index contributed by atoms with van der Waals surface area (Å²) in [5, 5.41) is 12.0. The summed E-state index contributed by atoms with van der Waals surface area (Å²) < 4.78 is 26.3. The van der Waals surface area contributed by atoms with Gasteiger partial charge >= 0.3 is 6.09 Å². The Morgan fingerprint density at radius 1 is 1.36 bits per heavy atom. The van der Waals surface area contributed by atoms with Crippen LogP contribution in [-0.4, -0.2) is 46.3 Å². The highest BCUT2D eigenvalue weighted by molar-refractivity contribution is 6.33. The zero-order valence-electron chi connectivity index (χ0n) is 18.1. The Kier molecular flexibility index (Phi) is 5.49. The normalized spacial score (nSPS) is 24.3. The van der Waals surface area contributed by atoms with Crippen molar-refractivity contribution in [2.24, 2.45) is 17.8 Å². The van der Waals surface area contributed by atoms with Gasteiger partial charge in [0.15, 0.2) is 5.82 Å². The minimum absolute atomic E-state index is 0.0668. The van der Waals surface area contributed by atoms with Crippen LogP contribution in [0.4, 0.5) is 20.7 Å². The number of nitrogens with one attached hydrogen (secondary N) is 1. The van der Waals surface area contributed by atoms with Crippen LogP contribution in [0.1, 0.15) is 31.7 Å². The predicted molar refractivity (Wildman–Crippen MR) is 118 cm³/mol. The number of nitrogens with zero attached hydrogens (tertiary/aromatic N) is 4. The van der Waals surface area contributed by atoms with Crippen LogP contribution in [0, 0.1) is 34.9 Å². The molecule has 1 amide bonds. The van der Waals surface area contributed by atoms with Gasteiger partial charge in [-0.1, -0.05) is 11.6 Å². The van der Waals surface area contributed by atoms with Gasteiger partial charge in [-0.05, 0) is 56.2 Å². The van der Waals surface area contributed by atoms with Crippen molar-refractivity contribution < 1.29 is 18.7 Å². The maximum absolute atomic E-state index is 15.0. The number of nitriles is 1. The van der Waals surface area contributed by atoms with Crippen LogP contribution >= 0.6 is 11.6 Å². The van der Waals surface area contributed by atoms with E-state index in [2.05, 4.69) is 15.3 Å². The molecule has 8 nitrogen and oxygen atoms in total. The van der Waals surface area contributed by atoms with E-state index < -0.39 is 5.82 Å². The molecule has 0 radical (unpaired) electrons. The number of rotatable bonds is 6. The Hall–Kier alpha value is -3.12. The molecule has 4 aliphatic rings. The van der Waals surface area contributed by atoms with Gasteiger partial charge in [0.05, 0.1) is 28.9 Å². The van der Waals surface area contributed by atoms with E-state index in [1.54, 1.807) is 17.0 Å². The number of hydrogen-bond donors (Lipinski definition) is 1. The molecule has 10 heteroatoms. The van der Waals surface area contributed by atoms with Gasteiger partial charge in [-0.25, -0.2) is 9.78 Å². The predicted octanol–water partition coefficient (Wildman–Crippen LogP) is 4.52. The molecule has 2 saturated carbocycles. The second-order valence-electron chi connectivity index (χ2n) is 9.23. The number of carbonyl (C=O) groups is 1. The van der Waals surface area contributed by atoms with Crippen LogP contribution in [0.5, 0.6) is 5.88 Å². The molecule has 3 heterocycles. The van der Waals surface area contributed by atoms with Gasteiger partial charge < -0.3 is 19.7 Å². The zero-order valence-corrected chi connectivity index (χ0v) is 18.8. The van der Waals surface area contributed by atoms with Crippen molar-refractivity contribution in [3.63, 3.8) is 0 Å². The molecule has 2 saturated heterocycles. The van der Waals surface area contributed by atoms with Gasteiger partial charge in [0.1, 0.15) is 11.9 Å². The van der Waals surface area contributed by atoms with Crippen LogP contribution in [0.15, 0.2) is 24.5 Å². The molecule has 2 unspecified atom stereocenters. The van der Waals surface area contributed by atoms with Crippen molar-refractivity contribution >= 4 is 29.2 Å².